The highest BCUT2D eigenvalue weighted by molar-refractivity contribution is 5.43. The van der Waals surface area contributed by atoms with Crippen LogP contribution in [0, 0.1) is 0 Å². The highest BCUT2D eigenvalue weighted by atomic mass is 15.3. The van der Waals surface area contributed by atoms with Crippen molar-refractivity contribution in [1.82, 2.24) is 15.3 Å². The van der Waals surface area contributed by atoms with E-state index in [4.69, 9.17) is 0 Å². The summed E-state index contributed by atoms with van der Waals surface area (Å²) < 4.78 is 0. The first-order chi connectivity index (χ1) is 8.86. The molecule has 2 heterocycles. The van der Waals surface area contributed by atoms with Crippen LogP contribution in [-0.4, -0.2) is 17.0 Å². The Kier molecular flexibility index (Phi) is 2.94. The van der Waals surface area contributed by atoms with Crippen LogP contribution in [0.25, 0.3) is 0 Å². The molecule has 0 saturated carbocycles. The van der Waals surface area contributed by atoms with Crippen LogP contribution in [0.4, 0.5) is 5.95 Å². The van der Waals surface area contributed by atoms with E-state index in [0.29, 0.717) is 0 Å². The van der Waals surface area contributed by atoms with Gasteiger partial charge in [-0.3, -0.25) is 0 Å². The second kappa shape index (κ2) is 4.74. The minimum absolute atomic E-state index is 0.806. The van der Waals surface area contributed by atoms with Crippen molar-refractivity contribution in [3.63, 3.8) is 0 Å². The van der Waals surface area contributed by atoms with Gasteiger partial charge in [-0.25, -0.2) is 9.97 Å². The molecule has 0 fully saturated rings. The summed E-state index contributed by atoms with van der Waals surface area (Å²) >= 11 is 0. The molecule has 0 aliphatic carbocycles. The van der Waals surface area contributed by atoms with Crippen LogP contribution in [0.5, 0.6) is 0 Å². The molecule has 92 valence electrons. The highest BCUT2D eigenvalue weighted by Gasteiger charge is 2.20. The first-order valence-electron chi connectivity index (χ1n) is 6.14. The Morgan fingerprint density at radius 2 is 1.72 bits per heavy atom. The Hall–Kier alpha value is -1.94. The molecule has 18 heavy (non-hydrogen) atoms. The third kappa shape index (κ3) is 2.07. The van der Waals surface area contributed by atoms with Gasteiger partial charge in [-0.1, -0.05) is 24.3 Å². The van der Waals surface area contributed by atoms with E-state index < -0.39 is 0 Å². The number of benzene rings is 1. The monoisotopic (exact) mass is 240 g/mol. The van der Waals surface area contributed by atoms with Crippen molar-refractivity contribution in [2.45, 2.75) is 19.6 Å². The molecule has 0 radical (unpaired) electrons. The summed E-state index contributed by atoms with van der Waals surface area (Å²) in [5.41, 5.74) is 3.86. The molecular weight excluding hydrogens is 224 g/mol. The predicted octanol–water partition coefficient (Wildman–Crippen LogP) is 1.72. The number of hydrogen-bond donors (Lipinski definition) is 1. The minimum atomic E-state index is 0.806. The topological polar surface area (TPSA) is 41.1 Å². The van der Waals surface area contributed by atoms with Crippen molar-refractivity contribution in [2.24, 2.45) is 0 Å². The second-order valence-corrected chi connectivity index (χ2v) is 4.55. The number of aromatic nitrogens is 2. The average molecular weight is 240 g/mol. The van der Waals surface area contributed by atoms with E-state index in [-0.39, 0.29) is 0 Å². The number of rotatable bonds is 3. The fourth-order valence-corrected chi connectivity index (χ4v) is 2.28. The lowest BCUT2D eigenvalue weighted by molar-refractivity contribution is 0.788. The Labute approximate surface area is 107 Å². The number of fused-ring (bicyclic) bond motifs is 1. The average Bonchev–Trinajstić information content (AvgIpc) is 2.84. The highest BCUT2D eigenvalue weighted by Crippen LogP contribution is 2.25. The van der Waals surface area contributed by atoms with Gasteiger partial charge in [-0.05, 0) is 18.2 Å². The fourth-order valence-electron chi connectivity index (χ4n) is 2.28. The minimum Gasteiger partial charge on any atom is -0.332 e. The zero-order chi connectivity index (χ0) is 12.4. The molecule has 4 heteroatoms. The van der Waals surface area contributed by atoms with Crippen molar-refractivity contribution >= 4 is 5.95 Å². The first kappa shape index (κ1) is 11.2. The molecule has 1 aliphatic rings. The van der Waals surface area contributed by atoms with Gasteiger partial charge in [0.2, 0.25) is 5.95 Å². The third-order valence-electron chi connectivity index (χ3n) is 3.20. The van der Waals surface area contributed by atoms with Gasteiger partial charge in [-0.15, -0.1) is 0 Å². The summed E-state index contributed by atoms with van der Waals surface area (Å²) in [4.78, 5) is 11.1. The quantitative estimate of drug-likeness (QED) is 0.887. The fraction of sp³-hybridized carbons (Fsp3) is 0.286. The van der Waals surface area contributed by atoms with Gasteiger partial charge >= 0.3 is 0 Å². The van der Waals surface area contributed by atoms with Crippen LogP contribution >= 0.6 is 0 Å². The molecule has 1 N–H and O–H groups in total. The molecule has 0 atom stereocenters. The molecule has 1 aliphatic heterocycles. The molecule has 0 unspecified atom stereocenters. The number of nitrogens with zero attached hydrogens (tertiary/aromatic N) is 3. The van der Waals surface area contributed by atoms with Crippen molar-refractivity contribution in [1.29, 1.82) is 0 Å². The lowest BCUT2D eigenvalue weighted by Crippen LogP contribution is -2.18. The zero-order valence-electron chi connectivity index (χ0n) is 10.4. The van der Waals surface area contributed by atoms with Crippen LogP contribution in [0.2, 0.25) is 0 Å². The van der Waals surface area contributed by atoms with Gasteiger partial charge in [0.1, 0.15) is 0 Å². The summed E-state index contributed by atoms with van der Waals surface area (Å²) in [7, 11) is 1.92. The van der Waals surface area contributed by atoms with Crippen molar-refractivity contribution in [3.05, 3.63) is 53.3 Å². The van der Waals surface area contributed by atoms with E-state index in [1.165, 1.54) is 11.1 Å². The smallest absolute Gasteiger partial charge is 0.225 e. The van der Waals surface area contributed by atoms with Gasteiger partial charge in [0.15, 0.2) is 0 Å². The van der Waals surface area contributed by atoms with E-state index >= 15 is 0 Å². The van der Waals surface area contributed by atoms with Crippen LogP contribution in [0.15, 0.2) is 36.7 Å². The normalized spacial score (nSPS) is 13.7. The second-order valence-electron chi connectivity index (χ2n) is 4.55. The van der Waals surface area contributed by atoms with E-state index in [0.717, 1.165) is 31.1 Å². The maximum Gasteiger partial charge on any atom is 0.225 e. The van der Waals surface area contributed by atoms with Crippen molar-refractivity contribution in [3.8, 4) is 0 Å². The lowest BCUT2D eigenvalue weighted by Gasteiger charge is -2.14. The molecule has 1 aromatic carbocycles. The Morgan fingerprint density at radius 3 is 2.28 bits per heavy atom. The zero-order valence-corrected chi connectivity index (χ0v) is 10.4. The summed E-state index contributed by atoms with van der Waals surface area (Å²) in [5, 5.41) is 3.09. The van der Waals surface area contributed by atoms with Crippen LogP contribution in [0.3, 0.4) is 0 Å². The lowest BCUT2D eigenvalue weighted by atomic mass is 10.1. The first-order valence-corrected chi connectivity index (χ1v) is 6.14. The largest absolute Gasteiger partial charge is 0.332 e. The summed E-state index contributed by atoms with van der Waals surface area (Å²) in [6.45, 7) is 2.61. The van der Waals surface area contributed by atoms with Crippen LogP contribution < -0.4 is 10.2 Å². The van der Waals surface area contributed by atoms with E-state index in [1.54, 1.807) is 0 Å². The molecule has 3 rings (SSSR count). The Balaban J connectivity index is 1.78. The van der Waals surface area contributed by atoms with Gasteiger partial charge in [0.05, 0.1) is 0 Å². The molecule has 0 spiro atoms. The van der Waals surface area contributed by atoms with Crippen molar-refractivity contribution in [2.75, 3.05) is 11.9 Å². The Bertz CT molecular complexity index is 511. The van der Waals surface area contributed by atoms with E-state index in [9.17, 15) is 0 Å². The van der Waals surface area contributed by atoms with Gasteiger partial charge in [-0.2, -0.15) is 0 Å². The van der Waals surface area contributed by atoms with E-state index in [2.05, 4.69) is 44.5 Å². The van der Waals surface area contributed by atoms with Gasteiger partial charge in [0, 0.05) is 37.6 Å². The van der Waals surface area contributed by atoms with Gasteiger partial charge in [0.25, 0.3) is 0 Å². The maximum absolute atomic E-state index is 4.44. The third-order valence-corrected chi connectivity index (χ3v) is 3.20. The molecule has 0 bridgehead atoms. The molecule has 4 nitrogen and oxygen atoms in total. The predicted molar refractivity (Wildman–Crippen MR) is 71.1 cm³/mol. The Morgan fingerprint density at radius 1 is 1.11 bits per heavy atom. The van der Waals surface area contributed by atoms with E-state index in [1.807, 2.05) is 19.4 Å². The number of hydrogen-bond acceptors (Lipinski definition) is 4. The molecule has 0 saturated heterocycles. The van der Waals surface area contributed by atoms with Crippen LogP contribution in [-0.2, 0) is 19.6 Å². The summed E-state index contributed by atoms with van der Waals surface area (Å²) in [6.07, 6.45) is 3.78. The standard InChI is InChI=1S/C14H16N4/c1-15-6-11-7-16-14(17-8-11)18-9-12-4-2-3-5-13(12)10-18/h2-5,7-8,15H,6,9-10H2,1H3. The number of nitrogens with one attached hydrogen (secondary N) is 1. The van der Waals surface area contributed by atoms with Crippen LogP contribution in [0.1, 0.15) is 16.7 Å². The maximum atomic E-state index is 4.44. The molecule has 2 aromatic rings. The van der Waals surface area contributed by atoms with Gasteiger partial charge < -0.3 is 10.2 Å². The number of anilines is 1. The molecular formula is C14H16N4. The summed E-state index contributed by atoms with van der Waals surface area (Å²) in [6, 6.07) is 8.51. The van der Waals surface area contributed by atoms with Crippen molar-refractivity contribution < 1.29 is 0 Å². The summed E-state index contributed by atoms with van der Waals surface area (Å²) in [5.74, 6) is 0.811. The SMILES string of the molecule is CNCc1cnc(N2Cc3ccccc3C2)nc1. The molecule has 0 amide bonds. The molecule has 1 aromatic heterocycles.